The lowest BCUT2D eigenvalue weighted by Gasteiger charge is -2.36. The normalized spacial score (nSPS) is 24.1. The number of anilines is 4. The van der Waals surface area contributed by atoms with E-state index in [2.05, 4.69) is 47.7 Å². The molecule has 5 fully saturated rings. The number of carbonyl (C=O) groups excluding carboxylic acids is 7. The second-order valence-corrected chi connectivity index (χ2v) is 16.7. The van der Waals surface area contributed by atoms with Gasteiger partial charge in [-0.1, -0.05) is 12.1 Å². The van der Waals surface area contributed by atoms with E-state index in [4.69, 9.17) is 5.73 Å². The Morgan fingerprint density at radius 2 is 1.52 bits per heavy atom. The lowest BCUT2D eigenvalue weighted by Crippen LogP contribution is -2.54. The first kappa shape index (κ1) is 39.2. The quantitative estimate of drug-likeness (QED) is 0.249. The van der Waals surface area contributed by atoms with E-state index in [0.717, 1.165) is 69.0 Å². The molecule has 3 unspecified atom stereocenters. The molecule has 9 rings (SSSR count). The van der Waals surface area contributed by atoms with E-state index in [0.29, 0.717) is 42.6 Å². The highest BCUT2D eigenvalue weighted by atomic mass is 16.2. The Morgan fingerprint density at radius 3 is 2.25 bits per heavy atom. The SMILES string of the molecule is NC(=O)c1nnc(N2CCCC(N3C(=O)CCC3=O)C2)nc1Nc1ccc(C2CCN(CC3CCN(c4ccc5c(c4)C(=O)N(C4CCC(=O)NC4=O)C5=O)C3)CC2)cc1. The van der Waals surface area contributed by atoms with Crippen molar-refractivity contribution in [1.29, 1.82) is 0 Å². The number of amides is 7. The van der Waals surface area contributed by atoms with Gasteiger partial charge in [-0.05, 0) is 99.3 Å². The van der Waals surface area contributed by atoms with Gasteiger partial charge in [0.05, 0.1) is 17.2 Å². The molecule has 0 spiro atoms. The highest BCUT2D eigenvalue weighted by molar-refractivity contribution is 6.23. The van der Waals surface area contributed by atoms with Gasteiger partial charge in [0.15, 0.2) is 11.5 Å². The van der Waals surface area contributed by atoms with Crippen molar-refractivity contribution in [2.75, 3.05) is 60.9 Å². The monoisotopic (exact) mass is 817 g/mol. The molecular formula is C42H47N11O7. The predicted octanol–water partition coefficient (Wildman–Crippen LogP) is 1.94. The van der Waals surface area contributed by atoms with Gasteiger partial charge in [-0.25, -0.2) is 0 Å². The summed E-state index contributed by atoms with van der Waals surface area (Å²) >= 11 is 0. The largest absolute Gasteiger partial charge is 0.371 e. The van der Waals surface area contributed by atoms with Crippen molar-refractivity contribution in [3.05, 3.63) is 64.8 Å². The number of nitrogens with two attached hydrogens (primary N) is 1. The summed E-state index contributed by atoms with van der Waals surface area (Å²) in [7, 11) is 0. The molecule has 3 atom stereocenters. The second kappa shape index (κ2) is 16.0. The molecular weight excluding hydrogens is 771 g/mol. The number of benzene rings is 2. The van der Waals surface area contributed by atoms with Crippen molar-refractivity contribution in [2.45, 2.75) is 75.8 Å². The highest BCUT2D eigenvalue weighted by Crippen LogP contribution is 2.35. The Labute approximate surface area is 345 Å². The van der Waals surface area contributed by atoms with Crippen LogP contribution in [0.3, 0.4) is 0 Å². The van der Waals surface area contributed by atoms with Crippen LogP contribution in [0.4, 0.5) is 23.1 Å². The lowest BCUT2D eigenvalue weighted by molar-refractivity contribution is -0.141. The molecule has 5 saturated heterocycles. The Bertz CT molecular complexity index is 2260. The first-order valence-electron chi connectivity index (χ1n) is 20.8. The van der Waals surface area contributed by atoms with Gasteiger partial charge in [0.25, 0.3) is 17.7 Å². The molecule has 18 nitrogen and oxygen atoms in total. The molecule has 3 aromatic rings. The number of likely N-dealkylation sites (tertiary alicyclic amines) is 2. The molecule has 18 heteroatoms. The summed E-state index contributed by atoms with van der Waals surface area (Å²) in [6.45, 7) is 5.61. The molecule has 7 heterocycles. The van der Waals surface area contributed by atoms with Gasteiger partial charge >= 0.3 is 0 Å². The number of hydrogen-bond donors (Lipinski definition) is 3. The average Bonchev–Trinajstić information content (AvgIpc) is 3.93. The zero-order valence-electron chi connectivity index (χ0n) is 33.2. The lowest BCUT2D eigenvalue weighted by atomic mass is 9.89. The fraction of sp³-hybridized carbons (Fsp3) is 0.476. The van der Waals surface area contributed by atoms with Gasteiger partial charge in [-0.2, -0.15) is 4.98 Å². The predicted molar refractivity (Wildman–Crippen MR) is 216 cm³/mol. The van der Waals surface area contributed by atoms with Crippen molar-refractivity contribution in [3.8, 4) is 0 Å². The number of nitrogens with one attached hydrogen (secondary N) is 2. The fourth-order valence-electron chi connectivity index (χ4n) is 9.71. The molecule has 0 aliphatic carbocycles. The van der Waals surface area contributed by atoms with E-state index in [1.165, 1.54) is 10.5 Å². The molecule has 0 bridgehead atoms. The summed E-state index contributed by atoms with van der Waals surface area (Å²) in [4.78, 5) is 101. The van der Waals surface area contributed by atoms with Crippen molar-refractivity contribution in [1.82, 2.24) is 35.2 Å². The molecule has 1 aromatic heterocycles. The van der Waals surface area contributed by atoms with Crippen LogP contribution >= 0.6 is 0 Å². The van der Waals surface area contributed by atoms with Gasteiger partial charge in [0.2, 0.25) is 29.6 Å². The minimum Gasteiger partial charge on any atom is -0.371 e. The van der Waals surface area contributed by atoms with E-state index in [9.17, 15) is 33.6 Å². The molecule has 0 radical (unpaired) electrons. The third kappa shape index (κ3) is 7.55. The summed E-state index contributed by atoms with van der Waals surface area (Å²) in [5, 5.41) is 13.7. The summed E-state index contributed by atoms with van der Waals surface area (Å²) < 4.78 is 0. The van der Waals surface area contributed by atoms with E-state index >= 15 is 0 Å². The molecule has 4 N–H and O–H groups in total. The number of imide groups is 3. The Hall–Kier alpha value is -6.30. The zero-order valence-corrected chi connectivity index (χ0v) is 33.2. The van der Waals surface area contributed by atoms with Gasteiger partial charge in [-0.3, -0.25) is 48.7 Å². The topological polar surface area (TPSA) is 224 Å². The van der Waals surface area contributed by atoms with Crippen LogP contribution in [0, 0.1) is 5.92 Å². The molecule has 6 aliphatic heterocycles. The van der Waals surface area contributed by atoms with E-state index < -0.39 is 35.6 Å². The average molecular weight is 818 g/mol. The Kier molecular flexibility index (Phi) is 10.5. The van der Waals surface area contributed by atoms with Gasteiger partial charge in [0, 0.05) is 63.4 Å². The van der Waals surface area contributed by atoms with Crippen LogP contribution in [0.15, 0.2) is 42.5 Å². The Balaban J connectivity index is 0.774. The summed E-state index contributed by atoms with van der Waals surface area (Å²) in [5.74, 6) is -1.75. The maximum atomic E-state index is 13.4. The smallest absolute Gasteiger partial charge is 0.273 e. The van der Waals surface area contributed by atoms with Crippen LogP contribution < -0.4 is 26.2 Å². The maximum absolute atomic E-state index is 13.4. The van der Waals surface area contributed by atoms with Gasteiger partial charge < -0.3 is 25.8 Å². The van der Waals surface area contributed by atoms with Crippen LogP contribution in [0.1, 0.15) is 100 Å². The first-order valence-corrected chi connectivity index (χ1v) is 20.8. The van der Waals surface area contributed by atoms with Crippen molar-refractivity contribution in [2.24, 2.45) is 11.7 Å². The van der Waals surface area contributed by atoms with Gasteiger partial charge in [0.1, 0.15) is 6.04 Å². The van der Waals surface area contributed by atoms with Crippen molar-refractivity contribution in [3.63, 3.8) is 0 Å². The van der Waals surface area contributed by atoms with Crippen LogP contribution in [0.25, 0.3) is 0 Å². The number of primary amides is 1. The molecule has 6 aliphatic rings. The highest BCUT2D eigenvalue weighted by Gasteiger charge is 2.45. The van der Waals surface area contributed by atoms with Crippen LogP contribution in [-0.2, 0) is 19.2 Å². The molecule has 312 valence electrons. The summed E-state index contributed by atoms with van der Waals surface area (Å²) in [5.41, 5.74) is 8.97. The number of rotatable bonds is 10. The zero-order chi connectivity index (χ0) is 41.7. The summed E-state index contributed by atoms with van der Waals surface area (Å²) in [6.07, 6.45) is 5.19. The number of aromatic nitrogens is 3. The minimum absolute atomic E-state index is 0.0821. The van der Waals surface area contributed by atoms with E-state index in [1.54, 1.807) is 12.1 Å². The summed E-state index contributed by atoms with van der Waals surface area (Å²) in [6, 6.07) is 12.2. The molecule has 60 heavy (non-hydrogen) atoms. The second-order valence-electron chi connectivity index (χ2n) is 16.7. The number of nitrogens with zero attached hydrogens (tertiary/aromatic N) is 8. The maximum Gasteiger partial charge on any atom is 0.273 e. The first-order chi connectivity index (χ1) is 29.0. The third-order valence-corrected chi connectivity index (χ3v) is 12.9. The van der Waals surface area contributed by atoms with E-state index in [1.807, 2.05) is 23.1 Å². The number of fused-ring (bicyclic) bond motifs is 1. The molecule has 7 amide bonds. The Morgan fingerprint density at radius 1 is 0.767 bits per heavy atom. The van der Waals surface area contributed by atoms with Crippen LogP contribution in [-0.4, -0.2) is 129 Å². The minimum atomic E-state index is -0.985. The molecule has 0 saturated carbocycles. The van der Waals surface area contributed by atoms with Crippen LogP contribution in [0.5, 0.6) is 0 Å². The van der Waals surface area contributed by atoms with Gasteiger partial charge in [-0.15, -0.1) is 10.2 Å². The van der Waals surface area contributed by atoms with Crippen molar-refractivity contribution < 1.29 is 33.6 Å². The number of carbonyl (C=O) groups is 7. The van der Waals surface area contributed by atoms with Crippen LogP contribution in [0.2, 0.25) is 0 Å². The van der Waals surface area contributed by atoms with Crippen molar-refractivity contribution >= 4 is 64.5 Å². The van der Waals surface area contributed by atoms with E-state index in [-0.39, 0.29) is 66.6 Å². The molecule has 2 aromatic carbocycles. The number of hydrogen-bond acceptors (Lipinski definition) is 14. The standard InChI is InChI=1S/C42H47N11O7/c43-37(57)36-38(46-42(48-47-36)51-16-1-2-29(23-51)52-34(55)11-12-35(52)56)44-27-5-3-25(4-6-27)26-14-17-49(18-15-26)21-24-13-19-50(22-24)28-7-8-30-31(20-28)41(60)53(40(30)59)32-9-10-33(54)45-39(32)58/h3-8,20,24,26,29,32H,1-2,9-19,21-23H2,(H2,43,57)(H,44,46,48)(H,45,54,58). The number of piperidine rings is 3. The third-order valence-electron chi connectivity index (χ3n) is 12.9. The fourth-order valence-corrected chi connectivity index (χ4v) is 9.71.